The Morgan fingerprint density at radius 1 is 1.18 bits per heavy atom. The number of nitrogens with zero attached hydrogens (tertiary/aromatic N) is 2. The van der Waals surface area contributed by atoms with Crippen molar-refractivity contribution in [1.29, 1.82) is 0 Å². The number of aryl methyl sites for hydroxylation is 1. The fourth-order valence-corrected chi connectivity index (χ4v) is 3.61. The minimum absolute atomic E-state index is 0.287. The first-order valence-electron chi connectivity index (χ1n) is 9.20. The molecule has 0 amide bonds. The van der Waals surface area contributed by atoms with E-state index in [9.17, 15) is 4.79 Å². The van der Waals surface area contributed by atoms with Gasteiger partial charge in [-0.15, -0.1) is 0 Å². The molecule has 7 nitrogen and oxygen atoms in total. The molecular formula is C21H22N2O5. The molecule has 0 saturated heterocycles. The highest BCUT2D eigenvalue weighted by Gasteiger charge is 2.29. The van der Waals surface area contributed by atoms with Gasteiger partial charge in [0.1, 0.15) is 0 Å². The van der Waals surface area contributed by atoms with Crippen LogP contribution >= 0.6 is 0 Å². The van der Waals surface area contributed by atoms with Gasteiger partial charge >= 0.3 is 5.97 Å². The molecule has 2 aromatic heterocycles. The molecule has 2 heterocycles. The largest absolute Gasteiger partial charge is 0.493 e. The highest BCUT2D eigenvalue weighted by atomic mass is 16.5. The van der Waals surface area contributed by atoms with Crippen LogP contribution < -0.4 is 9.47 Å². The first-order chi connectivity index (χ1) is 13.6. The average Bonchev–Trinajstić information content (AvgIpc) is 3.31. The predicted octanol–water partition coefficient (Wildman–Crippen LogP) is 3.48. The maximum absolute atomic E-state index is 12.1. The quantitative estimate of drug-likeness (QED) is 0.608. The molecule has 0 N–H and O–H groups in total. The second-order valence-corrected chi connectivity index (χ2v) is 6.62. The van der Waals surface area contributed by atoms with E-state index in [4.69, 9.17) is 18.7 Å². The lowest BCUT2D eigenvalue weighted by Crippen LogP contribution is -2.10. The van der Waals surface area contributed by atoms with Crippen molar-refractivity contribution in [1.82, 2.24) is 9.72 Å². The number of aromatic nitrogens is 2. The standard InChI is InChI=1S/C21H22N2O5/c1-4-27-21(24)19-15-7-6-14-11-23(12-16(14)20(15)28-22-19)10-13-5-8-17(25-2)18(9-13)26-3/h5,8-9,11-12H,4,6-7,10H2,1-3H3. The summed E-state index contributed by atoms with van der Waals surface area (Å²) in [5.41, 5.74) is 4.37. The van der Waals surface area contributed by atoms with Gasteiger partial charge in [0.25, 0.3) is 0 Å². The van der Waals surface area contributed by atoms with Crippen molar-refractivity contribution in [2.24, 2.45) is 0 Å². The summed E-state index contributed by atoms with van der Waals surface area (Å²) in [5.74, 6) is 1.64. The summed E-state index contributed by atoms with van der Waals surface area (Å²) in [6.45, 7) is 2.77. The number of ether oxygens (including phenoxy) is 3. The molecule has 1 aliphatic rings. The van der Waals surface area contributed by atoms with Gasteiger partial charge in [-0.2, -0.15) is 0 Å². The molecule has 0 bridgehead atoms. The molecule has 7 heteroatoms. The van der Waals surface area contributed by atoms with Crippen LogP contribution in [0.1, 0.15) is 34.1 Å². The van der Waals surface area contributed by atoms with Gasteiger partial charge in [0.2, 0.25) is 0 Å². The number of methoxy groups -OCH3 is 2. The summed E-state index contributed by atoms with van der Waals surface area (Å²) in [4.78, 5) is 12.1. The average molecular weight is 382 g/mol. The molecule has 0 saturated carbocycles. The Morgan fingerprint density at radius 3 is 2.75 bits per heavy atom. The van der Waals surface area contributed by atoms with Gasteiger partial charge in [-0.05, 0) is 43.0 Å². The topological polar surface area (TPSA) is 75.7 Å². The molecule has 0 spiro atoms. The van der Waals surface area contributed by atoms with Crippen molar-refractivity contribution < 1.29 is 23.5 Å². The third-order valence-corrected chi connectivity index (χ3v) is 4.92. The molecule has 1 aromatic carbocycles. The lowest BCUT2D eigenvalue weighted by atomic mass is 9.93. The first kappa shape index (κ1) is 18.2. The zero-order valence-electron chi connectivity index (χ0n) is 16.2. The molecule has 0 atom stereocenters. The van der Waals surface area contributed by atoms with Gasteiger partial charge in [0.15, 0.2) is 23.0 Å². The summed E-state index contributed by atoms with van der Waals surface area (Å²) in [7, 11) is 3.25. The minimum Gasteiger partial charge on any atom is -0.493 e. The smallest absolute Gasteiger partial charge is 0.360 e. The van der Waals surface area contributed by atoms with Crippen LogP contribution in [0.5, 0.6) is 11.5 Å². The Bertz CT molecular complexity index is 1020. The fourth-order valence-electron chi connectivity index (χ4n) is 3.61. The fraction of sp³-hybridized carbons (Fsp3) is 0.333. The van der Waals surface area contributed by atoms with E-state index in [1.165, 1.54) is 5.56 Å². The van der Waals surface area contributed by atoms with E-state index in [0.29, 0.717) is 36.8 Å². The van der Waals surface area contributed by atoms with Crippen LogP contribution in [0.2, 0.25) is 0 Å². The van der Waals surface area contributed by atoms with Gasteiger partial charge in [0, 0.05) is 30.1 Å². The summed E-state index contributed by atoms with van der Waals surface area (Å²) < 4.78 is 23.4. The number of carbonyl (C=O) groups is 1. The van der Waals surface area contributed by atoms with Crippen LogP contribution in [0.3, 0.4) is 0 Å². The molecule has 4 rings (SSSR count). The van der Waals surface area contributed by atoms with Crippen molar-refractivity contribution in [2.45, 2.75) is 26.3 Å². The number of rotatable bonds is 6. The Kier molecular flexibility index (Phi) is 4.81. The molecule has 146 valence electrons. The SMILES string of the molecule is CCOC(=O)c1noc2c1CCc1cn(Cc3ccc(OC)c(OC)c3)cc1-2. The normalized spacial score (nSPS) is 12.2. The Labute approximate surface area is 162 Å². The maximum Gasteiger partial charge on any atom is 0.360 e. The number of hydrogen-bond donors (Lipinski definition) is 0. The van der Waals surface area contributed by atoms with E-state index >= 15 is 0 Å². The number of esters is 1. The van der Waals surface area contributed by atoms with Crippen LogP contribution in [0.15, 0.2) is 35.1 Å². The van der Waals surface area contributed by atoms with Gasteiger partial charge in [-0.25, -0.2) is 4.79 Å². The molecule has 0 aliphatic heterocycles. The van der Waals surface area contributed by atoms with Crippen LogP contribution in [-0.4, -0.2) is 36.5 Å². The first-order valence-corrected chi connectivity index (χ1v) is 9.20. The molecule has 3 aromatic rings. The molecule has 0 fully saturated rings. The van der Waals surface area contributed by atoms with Crippen molar-refractivity contribution in [3.05, 3.63) is 53.0 Å². The van der Waals surface area contributed by atoms with Crippen molar-refractivity contribution >= 4 is 5.97 Å². The van der Waals surface area contributed by atoms with Crippen molar-refractivity contribution in [3.63, 3.8) is 0 Å². The lowest BCUT2D eigenvalue weighted by molar-refractivity contribution is 0.0513. The summed E-state index contributed by atoms with van der Waals surface area (Å²) in [5, 5.41) is 3.96. The van der Waals surface area contributed by atoms with Gasteiger partial charge < -0.3 is 23.3 Å². The number of benzene rings is 1. The summed E-state index contributed by atoms with van der Waals surface area (Å²) in [6, 6.07) is 5.88. The van der Waals surface area contributed by atoms with Crippen LogP contribution in [-0.2, 0) is 24.1 Å². The predicted molar refractivity (Wildman–Crippen MR) is 102 cm³/mol. The minimum atomic E-state index is -0.430. The highest BCUT2D eigenvalue weighted by Crippen LogP contribution is 2.36. The van der Waals surface area contributed by atoms with E-state index < -0.39 is 5.97 Å². The summed E-state index contributed by atoms with van der Waals surface area (Å²) >= 11 is 0. The van der Waals surface area contributed by atoms with Gasteiger partial charge in [-0.3, -0.25) is 0 Å². The molecule has 1 aliphatic carbocycles. The van der Waals surface area contributed by atoms with E-state index in [-0.39, 0.29) is 5.69 Å². The van der Waals surface area contributed by atoms with E-state index in [1.54, 1.807) is 21.1 Å². The van der Waals surface area contributed by atoms with Crippen molar-refractivity contribution in [2.75, 3.05) is 20.8 Å². The molecule has 28 heavy (non-hydrogen) atoms. The van der Waals surface area contributed by atoms with Crippen LogP contribution in [0.25, 0.3) is 11.3 Å². The monoisotopic (exact) mass is 382 g/mol. The zero-order chi connectivity index (χ0) is 19.7. The number of fused-ring (bicyclic) bond motifs is 3. The maximum atomic E-state index is 12.1. The van der Waals surface area contributed by atoms with Crippen molar-refractivity contribution in [3.8, 4) is 22.8 Å². The molecule has 0 radical (unpaired) electrons. The second kappa shape index (κ2) is 7.42. The van der Waals surface area contributed by atoms with E-state index in [0.717, 1.165) is 23.1 Å². The Balaban J connectivity index is 1.62. The third kappa shape index (κ3) is 3.13. The Hall–Kier alpha value is -3.22. The number of carbonyl (C=O) groups excluding carboxylic acids is 1. The molecular weight excluding hydrogens is 360 g/mol. The van der Waals surface area contributed by atoms with E-state index in [1.807, 2.05) is 24.4 Å². The number of hydrogen-bond acceptors (Lipinski definition) is 6. The third-order valence-electron chi connectivity index (χ3n) is 4.92. The van der Waals surface area contributed by atoms with Gasteiger partial charge in [-0.1, -0.05) is 11.2 Å². The van der Waals surface area contributed by atoms with Crippen LogP contribution in [0, 0.1) is 0 Å². The molecule has 0 unspecified atom stereocenters. The highest BCUT2D eigenvalue weighted by molar-refractivity contribution is 5.91. The summed E-state index contributed by atoms with van der Waals surface area (Å²) in [6.07, 6.45) is 5.68. The zero-order valence-corrected chi connectivity index (χ0v) is 16.2. The van der Waals surface area contributed by atoms with Crippen LogP contribution in [0.4, 0.5) is 0 Å². The van der Waals surface area contributed by atoms with Gasteiger partial charge in [0.05, 0.1) is 20.8 Å². The van der Waals surface area contributed by atoms with E-state index in [2.05, 4.69) is 15.9 Å². The lowest BCUT2D eigenvalue weighted by Gasteiger charge is -2.10. The second-order valence-electron chi connectivity index (χ2n) is 6.62. The Morgan fingerprint density at radius 2 is 2.00 bits per heavy atom.